The lowest BCUT2D eigenvalue weighted by atomic mass is 9.96. The molecule has 1 aromatic carbocycles. The van der Waals surface area contributed by atoms with Crippen LogP contribution in [-0.2, 0) is 7.05 Å². The van der Waals surface area contributed by atoms with Crippen LogP contribution in [0.4, 0.5) is 0 Å². The molecule has 3 rings (SSSR count). The van der Waals surface area contributed by atoms with Gasteiger partial charge in [-0.3, -0.25) is 9.48 Å². The van der Waals surface area contributed by atoms with Gasteiger partial charge < -0.3 is 14.7 Å². The number of aromatic nitrogens is 2. The van der Waals surface area contributed by atoms with E-state index in [1.54, 1.807) is 10.9 Å². The van der Waals surface area contributed by atoms with Crippen molar-refractivity contribution in [3.8, 4) is 5.75 Å². The van der Waals surface area contributed by atoms with Gasteiger partial charge in [-0.1, -0.05) is 6.07 Å². The van der Waals surface area contributed by atoms with Crippen LogP contribution in [0.25, 0.3) is 0 Å². The van der Waals surface area contributed by atoms with Crippen LogP contribution in [0, 0.1) is 20.8 Å². The van der Waals surface area contributed by atoms with E-state index in [9.17, 15) is 9.90 Å². The molecule has 1 aliphatic heterocycles. The van der Waals surface area contributed by atoms with Crippen LogP contribution in [0.2, 0.25) is 0 Å². The normalized spacial score (nSPS) is 20.4. The highest BCUT2D eigenvalue weighted by Gasteiger charge is 2.33. The summed E-state index contributed by atoms with van der Waals surface area (Å²) in [5.74, 6) is 0.759. The maximum Gasteiger partial charge on any atom is 0.257 e. The Hall–Kier alpha value is -2.34. The summed E-state index contributed by atoms with van der Waals surface area (Å²) >= 11 is 0. The third-order valence-corrected chi connectivity index (χ3v) is 5.43. The van der Waals surface area contributed by atoms with E-state index >= 15 is 0 Å². The molecule has 0 saturated carbocycles. The first kappa shape index (κ1) is 19.4. The van der Waals surface area contributed by atoms with E-state index in [0.717, 1.165) is 17.9 Å². The molecule has 0 bridgehead atoms. The van der Waals surface area contributed by atoms with E-state index in [0.29, 0.717) is 31.5 Å². The Labute approximate surface area is 160 Å². The molecule has 1 fully saturated rings. The second kappa shape index (κ2) is 7.72. The molecule has 1 saturated heterocycles. The van der Waals surface area contributed by atoms with Crippen molar-refractivity contribution in [2.24, 2.45) is 7.05 Å². The van der Waals surface area contributed by atoms with Crippen LogP contribution in [0.15, 0.2) is 24.4 Å². The van der Waals surface area contributed by atoms with Gasteiger partial charge in [0.05, 0.1) is 11.3 Å². The zero-order valence-corrected chi connectivity index (χ0v) is 16.7. The quantitative estimate of drug-likeness (QED) is 0.897. The summed E-state index contributed by atoms with van der Waals surface area (Å²) in [4.78, 5) is 14.6. The molecule has 27 heavy (non-hydrogen) atoms. The number of carbonyl (C=O) groups is 1. The number of aliphatic hydroxyl groups is 1. The van der Waals surface area contributed by atoms with Crippen molar-refractivity contribution in [3.05, 3.63) is 46.8 Å². The van der Waals surface area contributed by atoms with Crippen molar-refractivity contribution in [2.45, 2.75) is 45.6 Å². The second-order valence-electron chi connectivity index (χ2n) is 7.71. The number of aryl methyl sites for hydroxylation is 4. The third-order valence-electron chi connectivity index (χ3n) is 5.43. The molecule has 6 nitrogen and oxygen atoms in total. The fourth-order valence-corrected chi connectivity index (χ4v) is 3.53. The number of carbonyl (C=O) groups excluding carboxylic acids is 1. The Balaban J connectivity index is 1.62. The van der Waals surface area contributed by atoms with E-state index in [1.807, 2.05) is 44.0 Å². The first-order chi connectivity index (χ1) is 12.8. The van der Waals surface area contributed by atoms with E-state index in [1.165, 1.54) is 11.1 Å². The maximum atomic E-state index is 12.8. The van der Waals surface area contributed by atoms with Crippen molar-refractivity contribution in [1.82, 2.24) is 14.7 Å². The summed E-state index contributed by atoms with van der Waals surface area (Å²) in [5, 5.41) is 15.2. The second-order valence-corrected chi connectivity index (χ2v) is 7.71. The van der Waals surface area contributed by atoms with Crippen LogP contribution in [0.1, 0.15) is 46.4 Å². The molecule has 1 N–H and O–H groups in total. The van der Waals surface area contributed by atoms with Gasteiger partial charge in [0.2, 0.25) is 0 Å². The zero-order valence-electron chi connectivity index (χ0n) is 16.7. The lowest BCUT2D eigenvalue weighted by molar-refractivity contribution is -0.0163. The number of hydrogen-bond acceptors (Lipinski definition) is 4. The SMILES string of the molecule is Cc1ccc(OCC2(O)CCCN(C(=O)c3cn(C)nc3C)CC2)cc1C. The van der Waals surface area contributed by atoms with E-state index < -0.39 is 5.60 Å². The van der Waals surface area contributed by atoms with Crippen molar-refractivity contribution >= 4 is 5.91 Å². The average molecular weight is 371 g/mol. The van der Waals surface area contributed by atoms with Crippen LogP contribution in [-0.4, -0.2) is 51.0 Å². The fourth-order valence-electron chi connectivity index (χ4n) is 3.53. The number of ether oxygens (including phenoxy) is 1. The summed E-state index contributed by atoms with van der Waals surface area (Å²) in [5.41, 5.74) is 2.84. The number of benzene rings is 1. The Morgan fingerprint density at radius 2 is 2.00 bits per heavy atom. The van der Waals surface area contributed by atoms with E-state index in [4.69, 9.17) is 4.74 Å². The van der Waals surface area contributed by atoms with Gasteiger partial charge in [0, 0.05) is 26.3 Å². The molecule has 1 unspecified atom stereocenters. The molecular weight excluding hydrogens is 342 g/mol. The van der Waals surface area contributed by atoms with Crippen molar-refractivity contribution in [2.75, 3.05) is 19.7 Å². The molecular formula is C21H29N3O3. The fraction of sp³-hybridized carbons (Fsp3) is 0.524. The van der Waals surface area contributed by atoms with Gasteiger partial charge in [-0.15, -0.1) is 0 Å². The molecule has 1 amide bonds. The average Bonchev–Trinajstić information content (AvgIpc) is 2.84. The molecule has 0 spiro atoms. The van der Waals surface area contributed by atoms with Gasteiger partial charge in [-0.25, -0.2) is 0 Å². The number of nitrogens with zero attached hydrogens (tertiary/aromatic N) is 3. The van der Waals surface area contributed by atoms with Gasteiger partial charge in [0.15, 0.2) is 0 Å². The van der Waals surface area contributed by atoms with Gasteiger partial charge in [0.25, 0.3) is 5.91 Å². The summed E-state index contributed by atoms with van der Waals surface area (Å²) in [7, 11) is 1.81. The molecule has 2 aromatic rings. The summed E-state index contributed by atoms with van der Waals surface area (Å²) in [6, 6.07) is 5.96. The van der Waals surface area contributed by atoms with Gasteiger partial charge >= 0.3 is 0 Å². The van der Waals surface area contributed by atoms with E-state index in [2.05, 4.69) is 12.0 Å². The van der Waals surface area contributed by atoms with Crippen LogP contribution in [0.5, 0.6) is 5.75 Å². The molecule has 1 atom stereocenters. The Morgan fingerprint density at radius 3 is 2.67 bits per heavy atom. The zero-order chi connectivity index (χ0) is 19.6. The van der Waals surface area contributed by atoms with E-state index in [-0.39, 0.29) is 12.5 Å². The molecule has 6 heteroatoms. The number of hydrogen-bond donors (Lipinski definition) is 1. The van der Waals surface area contributed by atoms with Gasteiger partial charge in [-0.05, 0) is 63.3 Å². The van der Waals surface area contributed by atoms with Crippen LogP contribution >= 0.6 is 0 Å². The highest BCUT2D eigenvalue weighted by molar-refractivity contribution is 5.95. The minimum atomic E-state index is -0.919. The van der Waals surface area contributed by atoms with Gasteiger partial charge in [-0.2, -0.15) is 5.10 Å². The largest absolute Gasteiger partial charge is 0.491 e. The highest BCUT2D eigenvalue weighted by Crippen LogP contribution is 2.26. The number of likely N-dealkylation sites (tertiary alicyclic amines) is 1. The first-order valence-electron chi connectivity index (χ1n) is 9.49. The van der Waals surface area contributed by atoms with Crippen LogP contribution in [0.3, 0.4) is 0 Å². The number of amides is 1. The Morgan fingerprint density at radius 1 is 1.22 bits per heavy atom. The summed E-state index contributed by atoms with van der Waals surface area (Å²) in [6.45, 7) is 7.35. The highest BCUT2D eigenvalue weighted by atomic mass is 16.5. The van der Waals surface area contributed by atoms with Crippen molar-refractivity contribution < 1.29 is 14.6 Å². The first-order valence-corrected chi connectivity index (χ1v) is 9.49. The standard InChI is InChI=1S/C21H29N3O3/c1-15-6-7-18(12-16(15)2)27-14-21(26)8-5-10-24(11-9-21)20(25)19-13-23(4)22-17(19)3/h6-7,12-13,26H,5,8-11,14H2,1-4H3. The lowest BCUT2D eigenvalue weighted by Gasteiger charge is -2.27. The summed E-state index contributed by atoms with van der Waals surface area (Å²) in [6.07, 6.45) is 3.63. The minimum absolute atomic E-state index is 0.0140. The predicted octanol–water partition coefficient (Wildman–Crippen LogP) is 2.78. The molecule has 1 aromatic heterocycles. The topological polar surface area (TPSA) is 67.6 Å². The monoisotopic (exact) mass is 371 g/mol. The molecule has 146 valence electrons. The van der Waals surface area contributed by atoms with Crippen molar-refractivity contribution in [3.63, 3.8) is 0 Å². The Kier molecular flexibility index (Phi) is 5.56. The molecule has 0 radical (unpaired) electrons. The predicted molar refractivity (Wildman–Crippen MR) is 104 cm³/mol. The molecule has 1 aliphatic rings. The molecule has 2 heterocycles. The lowest BCUT2D eigenvalue weighted by Crippen LogP contribution is -2.38. The Bertz CT molecular complexity index is 830. The third kappa shape index (κ3) is 4.50. The van der Waals surface area contributed by atoms with Crippen LogP contribution < -0.4 is 4.74 Å². The van der Waals surface area contributed by atoms with Crippen molar-refractivity contribution in [1.29, 1.82) is 0 Å². The smallest absolute Gasteiger partial charge is 0.257 e. The van der Waals surface area contributed by atoms with Gasteiger partial charge in [0.1, 0.15) is 18.0 Å². The minimum Gasteiger partial charge on any atom is -0.491 e. The summed E-state index contributed by atoms with van der Waals surface area (Å²) < 4.78 is 7.54. The number of rotatable bonds is 4. The maximum absolute atomic E-state index is 12.8. The molecule has 0 aliphatic carbocycles.